The van der Waals surface area contributed by atoms with Crippen molar-refractivity contribution in [2.75, 3.05) is 5.32 Å². The number of rotatable bonds is 5. The van der Waals surface area contributed by atoms with Crippen LogP contribution in [-0.2, 0) is 9.59 Å². The van der Waals surface area contributed by atoms with Gasteiger partial charge in [-0.1, -0.05) is 19.9 Å². The Morgan fingerprint density at radius 3 is 2.46 bits per heavy atom. The smallest absolute Gasteiger partial charge is 0.314 e. The maximum Gasteiger partial charge on any atom is 0.314 e. The number of nitrogens with one attached hydrogen (secondary N) is 2. The third-order valence-electron chi connectivity index (χ3n) is 4.05. The SMILES string of the molecule is Cc1ccc(-n2nccc2NC(=O)C(=O)NC(c2ccccn2)C(C)C)nn1. The van der Waals surface area contributed by atoms with Crippen LogP contribution in [0.2, 0.25) is 0 Å². The van der Waals surface area contributed by atoms with Gasteiger partial charge in [-0.05, 0) is 37.1 Å². The van der Waals surface area contributed by atoms with Crippen molar-refractivity contribution in [3.05, 3.63) is 60.2 Å². The standard InChI is InChI=1S/C19H21N7O2/c1-12(2)17(14-6-4-5-10-20-14)23-19(28)18(27)22-15-9-11-21-26(15)16-8-7-13(3)24-25-16/h4-12,17H,1-3H3,(H,22,27)(H,23,28). The summed E-state index contributed by atoms with van der Waals surface area (Å²) in [6, 6.07) is 10.1. The van der Waals surface area contributed by atoms with E-state index in [1.54, 1.807) is 30.5 Å². The lowest BCUT2D eigenvalue weighted by molar-refractivity contribution is -0.136. The van der Waals surface area contributed by atoms with Gasteiger partial charge in [0.25, 0.3) is 0 Å². The summed E-state index contributed by atoms with van der Waals surface area (Å²) in [5.41, 5.74) is 1.45. The summed E-state index contributed by atoms with van der Waals surface area (Å²) in [4.78, 5) is 29.1. The second-order valence-electron chi connectivity index (χ2n) is 6.57. The number of pyridine rings is 1. The molecule has 0 aliphatic heterocycles. The van der Waals surface area contributed by atoms with Gasteiger partial charge in [-0.25, -0.2) is 0 Å². The Labute approximate surface area is 162 Å². The van der Waals surface area contributed by atoms with Crippen molar-refractivity contribution in [3.63, 3.8) is 0 Å². The molecule has 9 heteroatoms. The van der Waals surface area contributed by atoms with Crippen LogP contribution in [0.5, 0.6) is 0 Å². The molecule has 0 bridgehead atoms. The molecule has 28 heavy (non-hydrogen) atoms. The van der Waals surface area contributed by atoms with Gasteiger partial charge < -0.3 is 10.6 Å². The molecule has 2 N–H and O–H groups in total. The number of carbonyl (C=O) groups excluding carboxylic acids is 2. The van der Waals surface area contributed by atoms with Crippen molar-refractivity contribution in [3.8, 4) is 5.82 Å². The lowest BCUT2D eigenvalue weighted by Crippen LogP contribution is -2.40. The predicted octanol–water partition coefficient (Wildman–Crippen LogP) is 1.82. The number of amides is 2. The molecule has 3 rings (SSSR count). The summed E-state index contributed by atoms with van der Waals surface area (Å²) < 4.78 is 1.40. The van der Waals surface area contributed by atoms with Crippen LogP contribution in [0, 0.1) is 12.8 Å². The van der Waals surface area contributed by atoms with Gasteiger partial charge in [0, 0.05) is 12.3 Å². The van der Waals surface area contributed by atoms with E-state index in [9.17, 15) is 9.59 Å². The van der Waals surface area contributed by atoms with E-state index in [1.165, 1.54) is 10.9 Å². The Morgan fingerprint density at radius 1 is 1.00 bits per heavy atom. The summed E-state index contributed by atoms with van der Waals surface area (Å²) in [5.74, 6) is -0.757. The van der Waals surface area contributed by atoms with E-state index in [1.807, 2.05) is 32.9 Å². The summed E-state index contributed by atoms with van der Waals surface area (Å²) in [6.07, 6.45) is 3.15. The fourth-order valence-corrected chi connectivity index (χ4v) is 2.61. The van der Waals surface area contributed by atoms with Crippen LogP contribution in [0.1, 0.15) is 31.3 Å². The van der Waals surface area contributed by atoms with Crippen LogP contribution in [0.25, 0.3) is 5.82 Å². The summed E-state index contributed by atoms with van der Waals surface area (Å²) in [5, 5.41) is 17.4. The number of hydrogen-bond donors (Lipinski definition) is 2. The number of anilines is 1. The highest BCUT2D eigenvalue weighted by atomic mass is 16.2. The highest BCUT2D eigenvalue weighted by molar-refractivity contribution is 6.39. The Hall–Kier alpha value is -3.62. The third-order valence-corrected chi connectivity index (χ3v) is 4.05. The second-order valence-corrected chi connectivity index (χ2v) is 6.57. The molecular weight excluding hydrogens is 358 g/mol. The molecule has 1 atom stereocenters. The molecule has 0 fully saturated rings. The van der Waals surface area contributed by atoms with Gasteiger partial charge in [-0.2, -0.15) is 14.9 Å². The minimum Gasteiger partial charge on any atom is -0.339 e. The predicted molar refractivity (Wildman–Crippen MR) is 102 cm³/mol. The number of nitrogens with zero attached hydrogens (tertiary/aromatic N) is 5. The van der Waals surface area contributed by atoms with Gasteiger partial charge in [0.15, 0.2) is 5.82 Å². The molecule has 2 amide bonds. The van der Waals surface area contributed by atoms with Gasteiger partial charge in [-0.3, -0.25) is 14.6 Å². The van der Waals surface area contributed by atoms with E-state index in [0.29, 0.717) is 17.3 Å². The summed E-state index contributed by atoms with van der Waals surface area (Å²) >= 11 is 0. The maximum atomic E-state index is 12.4. The molecule has 0 spiro atoms. The van der Waals surface area contributed by atoms with Crippen molar-refractivity contribution in [1.29, 1.82) is 0 Å². The zero-order valence-electron chi connectivity index (χ0n) is 15.8. The monoisotopic (exact) mass is 379 g/mol. The number of aryl methyl sites for hydroxylation is 1. The molecule has 1 unspecified atom stereocenters. The maximum absolute atomic E-state index is 12.4. The van der Waals surface area contributed by atoms with Crippen molar-refractivity contribution < 1.29 is 9.59 Å². The van der Waals surface area contributed by atoms with Crippen LogP contribution >= 0.6 is 0 Å². The van der Waals surface area contributed by atoms with Gasteiger partial charge >= 0.3 is 11.8 Å². The number of aromatic nitrogens is 5. The topological polar surface area (TPSA) is 115 Å². The average molecular weight is 379 g/mol. The molecule has 3 heterocycles. The fourth-order valence-electron chi connectivity index (χ4n) is 2.61. The molecule has 3 aromatic rings. The van der Waals surface area contributed by atoms with Crippen molar-refractivity contribution >= 4 is 17.6 Å². The highest BCUT2D eigenvalue weighted by Gasteiger charge is 2.24. The molecule has 0 aliphatic carbocycles. The average Bonchev–Trinajstić information content (AvgIpc) is 3.15. The van der Waals surface area contributed by atoms with Crippen molar-refractivity contribution in [1.82, 2.24) is 30.3 Å². The van der Waals surface area contributed by atoms with E-state index < -0.39 is 11.8 Å². The van der Waals surface area contributed by atoms with Crippen molar-refractivity contribution in [2.45, 2.75) is 26.8 Å². The number of carbonyl (C=O) groups is 2. The van der Waals surface area contributed by atoms with Crippen LogP contribution in [0.15, 0.2) is 48.8 Å². The quantitative estimate of drug-likeness (QED) is 0.654. The Bertz CT molecular complexity index is 952. The van der Waals surface area contributed by atoms with E-state index in [0.717, 1.165) is 5.69 Å². The molecule has 9 nitrogen and oxygen atoms in total. The normalized spacial score (nSPS) is 11.9. The van der Waals surface area contributed by atoms with Crippen molar-refractivity contribution in [2.24, 2.45) is 5.92 Å². The Morgan fingerprint density at radius 2 is 1.82 bits per heavy atom. The molecule has 0 saturated carbocycles. The van der Waals surface area contributed by atoms with Crippen LogP contribution in [0.4, 0.5) is 5.82 Å². The lowest BCUT2D eigenvalue weighted by Gasteiger charge is -2.21. The van der Waals surface area contributed by atoms with Gasteiger partial charge in [-0.15, -0.1) is 5.10 Å². The van der Waals surface area contributed by atoms with Gasteiger partial charge in [0.05, 0.1) is 23.6 Å². The van der Waals surface area contributed by atoms with Crippen LogP contribution in [0.3, 0.4) is 0 Å². The molecule has 0 saturated heterocycles. The first-order valence-electron chi connectivity index (χ1n) is 8.83. The molecular formula is C19H21N7O2. The lowest BCUT2D eigenvalue weighted by atomic mass is 10.0. The minimum atomic E-state index is -0.802. The number of hydrogen-bond acceptors (Lipinski definition) is 6. The molecule has 0 aliphatic rings. The minimum absolute atomic E-state index is 0.0556. The van der Waals surface area contributed by atoms with E-state index in [-0.39, 0.29) is 12.0 Å². The van der Waals surface area contributed by atoms with E-state index >= 15 is 0 Å². The Kier molecular flexibility index (Phi) is 5.73. The third kappa shape index (κ3) is 4.37. The zero-order valence-corrected chi connectivity index (χ0v) is 15.8. The van der Waals surface area contributed by atoms with Crippen LogP contribution in [-0.4, -0.2) is 36.8 Å². The zero-order chi connectivity index (χ0) is 20.1. The molecule has 144 valence electrons. The summed E-state index contributed by atoms with van der Waals surface area (Å²) in [6.45, 7) is 5.71. The van der Waals surface area contributed by atoms with Gasteiger partial charge in [0.2, 0.25) is 0 Å². The second kappa shape index (κ2) is 8.38. The van der Waals surface area contributed by atoms with E-state index in [2.05, 4.69) is 30.9 Å². The van der Waals surface area contributed by atoms with E-state index in [4.69, 9.17) is 0 Å². The summed E-state index contributed by atoms with van der Waals surface area (Å²) in [7, 11) is 0. The first kappa shape index (κ1) is 19.2. The molecule has 0 aromatic carbocycles. The first-order valence-corrected chi connectivity index (χ1v) is 8.83. The van der Waals surface area contributed by atoms with Crippen LogP contribution < -0.4 is 10.6 Å². The molecule has 0 radical (unpaired) electrons. The largest absolute Gasteiger partial charge is 0.339 e. The van der Waals surface area contributed by atoms with Gasteiger partial charge in [0.1, 0.15) is 5.82 Å². The highest BCUT2D eigenvalue weighted by Crippen LogP contribution is 2.19. The molecule has 3 aromatic heterocycles. The Balaban J connectivity index is 1.72. The first-order chi connectivity index (χ1) is 13.5. The fraction of sp³-hybridized carbons (Fsp3) is 0.263.